The molecule has 7 heteroatoms. The highest BCUT2D eigenvalue weighted by molar-refractivity contribution is 7.53. The molecule has 38 heavy (non-hydrogen) atoms. The summed E-state index contributed by atoms with van der Waals surface area (Å²) in [4.78, 5) is 0. The standard InChI is InChI=1S/C31H36ClO5P/c1-19(2)25-15-21(9-10-28(25)33)26-17-31(4,5)27-16-24(13-20(3)30(26)27)35-18-38(34)36-12-11-29(37-38)22-7-6-8-23(32)14-22/h6-10,13-16,19,26,29,33H,11-12,17-18H2,1-5H3/t26-,29+,38?/m1/s1. The second-order valence-electron chi connectivity index (χ2n) is 11.5. The van der Waals surface area contributed by atoms with E-state index in [2.05, 4.69) is 46.8 Å². The fourth-order valence-corrected chi connectivity index (χ4v) is 7.56. The Labute approximate surface area is 230 Å². The molecule has 5 rings (SSSR count). The van der Waals surface area contributed by atoms with Gasteiger partial charge in [-0.25, -0.2) is 0 Å². The van der Waals surface area contributed by atoms with Gasteiger partial charge in [0.1, 0.15) is 11.5 Å². The lowest BCUT2D eigenvalue weighted by Crippen LogP contribution is -2.17. The molecule has 0 radical (unpaired) electrons. The van der Waals surface area contributed by atoms with Crippen molar-refractivity contribution in [1.82, 2.24) is 0 Å². The molecule has 1 heterocycles. The summed E-state index contributed by atoms with van der Waals surface area (Å²) >= 11 is 6.15. The number of benzene rings is 3. The fourth-order valence-electron chi connectivity index (χ4n) is 5.86. The van der Waals surface area contributed by atoms with Gasteiger partial charge in [0.05, 0.1) is 12.7 Å². The summed E-state index contributed by atoms with van der Waals surface area (Å²) < 4.78 is 31.1. The van der Waals surface area contributed by atoms with Crippen LogP contribution in [0.4, 0.5) is 0 Å². The number of aryl methyl sites for hydroxylation is 1. The van der Waals surface area contributed by atoms with E-state index in [4.69, 9.17) is 25.4 Å². The molecule has 2 aliphatic rings. The van der Waals surface area contributed by atoms with Crippen LogP contribution in [0.5, 0.6) is 11.5 Å². The molecule has 0 spiro atoms. The van der Waals surface area contributed by atoms with Crippen LogP contribution in [-0.4, -0.2) is 18.1 Å². The van der Waals surface area contributed by atoms with Crippen molar-refractivity contribution in [3.05, 3.63) is 93.0 Å². The molecule has 3 aromatic carbocycles. The van der Waals surface area contributed by atoms with Crippen LogP contribution in [0.3, 0.4) is 0 Å². The van der Waals surface area contributed by atoms with Crippen LogP contribution < -0.4 is 4.74 Å². The first kappa shape index (κ1) is 27.3. The topological polar surface area (TPSA) is 65.0 Å². The van der Waals surface area contributed by atoms with E-state index in [0.29, 0.717) is 29.5 Å². The molecule has 0 aromatic heterocycles. The highest BCUT2D eigenvalue weighted by Crippen LogP contribution is 2.57. The molecule has 1 unspecified atom stereocenters. The molecule has 3 atom stereocenters. The molecule has 0 bridgehead atoms. The van der Waals surface area contributed by atoms with Crippen molar-refractivity contribution in [2.24, 2.45) is 0 Å². The number of hydrogen-bond acceptors (Lipinski definition) is 5. The normalized spacial score (nSPS) is 24.4. The van der Waals surface area contributed by atoms with E-state index in [9.17, 15) is 9.67 Å². The lowest BCUT2D eigenvalue weighted by molar-refractivity contribution is 0.0725. The van der Waals surface area contributed by atoms with Gasteiger partial charge in [0.25, 0.3) is 0 Å². The number of rotatable bonds is 6. The Morgan fingerprint density at radius 2 is 1.92 bits per heavy atom. The van der Waals surface area contributed by atoms with E-state index in [-0.39, 0.29) is 29.7 Å². The fraction of sp³-hybridized carbons (Fsp3) is 0.419. The summed E-state index contributed by atoms with van der Waals surface area (Å²) in [6.07, 6.45) is 1.07. The van der Waals surface area contributed by atoms with Gasteiger partial charge in [-0.05, 0) is 88.4 Å². The molecule has 202 valence electrons. The second kappa shape index (κ2) is 10.4. The maximum absolute atomic E-state index is 13.4. The smallest absolute Gasteiger partial charge is 0.368 e. The molecule has 5 nitrogen and oxygen atoms in total. The molecular formula is C31H36ClO5P. The molecular weight excluding hydrogens is 519 g/mol. The third-order valence-corrected chi connectivity index (χ3v) is 9.63. The lowest BCUT2D eigenvalue weighted by atomic mass is 9.84. The van der Waals surface area contributed by atoms with Crippen LogP contribution in [0, 0.1) is 6.92 Å². The Bertz CT molecular complexity index is 1400. The van der Waals surface area contributed by atoms with Crippen molar-refractivity contribution in [2.75, 3.05) is 13.0 Å². The summed E-state index contributed by atoms with van der Waals surface area (Å²) in [7, 11) is -3.45. The second-order valence-corrected chi connectivity index (χ2v) is 13.9. The minimum Gasteiger partial charge on any atom is -0.508 e. The first-order valence-electron chi connectivity index (χ1n) is 13.2. The Morgan fingerprint density at radius 1 is 1.13 bits per heavy atom. The molecule has 3 aromatic rings. The van der Waals surface area contributed by atoms with Crippen LogP contribution in [0.25, 0.3) is 0 Å². The highest BCUT2D eigenvalue weighted by atomic mass is 35.5. The molecule has 1 fully saturated rings. The average Bonchev–Trinajstić information content (AvgIpc) is 3.14. The Balaban J connectivity index is 1.38. The molecule has 1 aliphatic heterocycles. The Hall–Kier alpha value is -2.30. The van der Waals surface area contributed by atoms with Gasteiger partial charge in [-0.3, -0.25) is 9.09 Å². The molecule has 1 N–H and O–H groups in total. The van der Waals surface area contributed by atoms with Crippen LogP contribution in [0.1, 0.15) is 91.9 Å². The van der Waals surface area contributed by atoms with E-state index >= 15 is 0 Å². The predicted octanol–water partition coefficient (Wildman–Crippen LogP) is 9.00. The SMILES string of the molecule is Cc1cc(OCP2(=O)OCC[C@@H](c3cccc(Cl)c3)O2)cc2c1[C@@H](c1ccc(O)c(C(C)C)c1)CC2(C)C. The zero-order valence-corrected chi connectivity index (χ0v) is 24.3. The zero-order valence-electron chi connectivity index (χ0n) is 22.7. The van der Waals surface area contributed by atoms with E-state index in [1.807, 2.05) is 36.4 Å². The van der Waals surface area contributed by atoms with Gasteiger partial charge in [0.15, 0.2) is 6.35 Å². The lowest BCUT2D eigenvalue weighted by Gasteiger charge is -2.30. The first-order chi connectivity index (χ1) is 18.0. The summed E-state index contributed by atoms with van der Waals surface area (Å²) in [5.41, 5.74) is 6.68. The monoisotopic (exact) mass is 554 g/mol. The number of fused-ring (bicyclic) bond motifs is 1. The van der Waals surface area contributed by atoms with Crippen molar-refractivity contribution in [2.45, 2.75) is 70.8 Å². The van der Waals surface area contributed by atoms with Crippen LogP contribution >= 0.6 is 19.2 Å². The van der Waals surface area contributed by atoms with Gasteiger partial charge in [0, 0.05) is 17.4 Å². The van der Waals surface area contributed by atoms with E-state index in [1.54, 1.807) is 6.07 Å². The highest BCUT2D eigenvalue weighted by Gasteiger charge is 2.40. The third-order valence-electron chi connectivity index (χ3n) is 7.79. The number of phenolic OH excluding ortho intramolecular Hbond substituents is 1. The van der Waals surface area contributed by atoms with Crippen LogP contribution in [-0.2, 0) is 19.0 Å². The molecule has 1 aliphatic carbocycles. The van der Waals surface area contributed by atoms with Crippen molar-refractivity contribution < 1.29 is 23.5 Å². The quantitative estimate of drug-likeness (QED) is 0.308. The largest absolute Gasteiger partial charge is 0.508 e. The van der Waals surface area contributed by atoms with E-state index in [1.165, 1.54) is 16.7 Å². The number of aromatic hydroxyl groups is 1. The molecule has 0 saturated carbocycles. The number of ether oxygens (including phenoxy) is 1. The third kappa shape index (κ3) is 5.40. The van der Waals surface area contributed by atoms with E-state index in [0.717, 1.165) is 23.1 Å². The minimum atomic E-state index is -3.45. The number of phenols is 1. The summed E-state index contributed by atoms with van der Waals surface area (Å²) in [6, 6.07) is 17.5. The molecule has 1 saturated heterocycles. The number of halogens is 1. The summed E-state index contributed by atoms with van der Waals surface area (Å²) in [5, 5.41) is 11.0. The zero-order chi connectivity index (χ0) is 27.2. The maximum atomic E-state index is 13.4. The van der Waals surface area contributed by atoms with Gasteiger partial charge < -0.3 is 14.4 Å². The predicted molar refractivity (Wildman–Crippen MR) is 152 cm³/mol. The van der Waals surface area contributed by atoms with E-state index < -0.39 is 7.60 Å². The Kier molecular flexibility index (Phi) is 7.43. The van der Waals surface area contributed by atoms with Crippen LogP contribution in [0.2, 0.25) is 5.02 Å². The van der Waals surface area contributed by atoms with Crippen molar-refractivity contribution in [3.8, 4) is 11.5 Å². The summed E-state index contributed by atoms with van der Waals surface area (Å²) in [6.45, 7) is 11.1. The maximum Gasteiger partial charge on any atom is 0.368 e. The van der Waals surface area contributed by atoms with Crippen molar-refractivity contribution in [3.63, 3.8) is 0 Å². The Morgan fingerprint density at radius 3 is 2.66 bits per heavy atom. The van der Waals surface area contributed by atoms with Crippen molar-refractivity contribution in [1.29, 1.82) is 0 Å². The minimum absolute atomic E-state index is 0.0696. The first-order valence-corrected chi connectivity index (χ1v) is 15.3. The van der Waals surface area contributed by atoms with Crippen LogP contribution in [0.15, 0.2) is 54.6 Å². The van der Waals surface area contributed by atoms with Crippen molar-refractivity contribution >= 4 is 19.2 Å². The van der Waals surface area contributed by atoms with Gasteiger partial charge in [-0.2, -0.15) is 0 Å². The van der Waals surface area contributed by atoms with Gasteiger partial charge in [0.2, 0.25) is 0 Å². The molecule has 0 amide bonds. The van der Waals surface area contributed by atoms with Gasteiger partial charge >= 0.3 is 7.60 Å². The number of hydrogen-bond donors (Lipinski definition) is 1. The van der Waals surface area contributed by atoms with Gasteiger partial charge in [-0.1, -0.05) is 63.6 Å². The average molecular weight is 555 g/mol. The van der Waals surface area contributed by atoms with Gasteiger partial charge in [-0.15, -0.1) is 0 Å². The summed E-state index contributed by atoms with van der Waals surface area (Å²) in [5.74, 6) is 1.48.